The fourth-order valence-electron chi connectivity index (χ4n) is 7.49. The Kier molecular flexibility index (Phi) is 7.22. The van der Waals surface area contributed by atoms with Crippen molar-refractivity contribution in [1.82, 2.24) is 0 Å². The highest BCUT2D eigenvalue weighted by molar-refractivity contribution is 6.22. The number of hydrogen-bond acceptors (Lipinski definition) is 1. The van der Waals surface area contributed by atoms with Gasteiger partial charge >= 0.3 is 0 Å². The van der Waals surface area contributed by atoms with Crippen LogP contribution < -0.4 is 4.90 Å². The summed E-state index contributed by atoms with van der Waals surface area (Å²) in [4.78, 5) is 2.36. The van der Waals surface area contributed by atoms with Crippen LogP contribution in [0.1, 0.15) is 0 Å². The number of nitrogens with zero attached hydrogens (tertiary/aromatic N) is 1. The fraction of sp³-hybridized carbons (Fsp3) is 0. The Morgan fingerprint density at radius 3 is 1.24 bits per heavy atom. The van der Waals surface area contributed by atoms with Crippen LogP contribution in [-0.4, -0.2) is 0 Å². The molecule has 230 valence electrons. The lowest BCUT2D eigenvalue weighted by molar-refractivity contribution is 1.30. The van der Waals surface area contributed by atoms with Gasteiger partial charge in [-0.05, 0) is 96.7 Å². The van der Waals surface area contributed by atoms with Gasteiger partial charge in [-0.15, -0.1) is 0 Å². The van der Waals surface area contributed by atoms with E-state index in [0.717, 1.165) is 17.1 Å². The Bertz CT molecular complexity index is 2530. The van der Waals surface area contributed by atoms with Crippen LogP contribution in [0, 0.1) is 0 Å². The van der Waals surface area contributed by atoms with E-state index in [-0.39, 0.29) is 0 Å². The molecule has 0 unspecified atom stereocenters. The van der Waals surface area contributed by atoms with Crippen LogP contribution in [0.4, 0.5) is 17.1 Å². The molecule has 9 aromatic rings. The predicted molar refractivity (Wildman–Crippen MR) is 210 cm³/mol. The highest BCUT2D eigenvalue weighted by Gasteiger charge is 2.20. The highest BCUT2D eigenvalue weighted by atomic mass is 15.1. The Morgan fingerprint density at radius 1 is 0.265 bits per heavy atom. The Labute approximate surface area is 287 Å². The third-order valence-corrected chi connectivity index (χ3v) is 9.63. The van der Waals surface area contributed by atoms with Crippen molar-refractivity contribution in [2.75, 3.05) is 4.90 Å². The van der Waals surface area contributed by atoms with E-state index in [0.29, 0.717) is 0 Å². The van der Waals surface area contributed by atoms with Crippen LogP contribution in [0.25, 0.3) is 65.7 Å². The van der Waals surface area contributed by atoms with Crippen molar-refractivity contribution in [3.63, 3.8) is 0 Å². The first-order valence-corrected chi connectivity index (χ1v) is 16.9. The minimum absolute atomic E-state index is 1.13. The molecule has 0 fully saturated rings. The number of hydrogen-bond donors (Lipinski definition) is 0. The van der Waals surface area contributed by atoms with E-state index in [1.165, 1.54) is 65.7 Å². The van der Waals surface area contributed by atoms with E-state index in [9.17, 15) is 0 Å². The van der Waals surface area contributed by atoms with Crippen molar-refractivity contribution < 1.29 is 0 Å². The summed E-state index contributed by atoms with van der Waals surface area (Å²) >= 11 is 0. The Hall–Kier alpha value is -6.44. The molecule has 0 atom stereocenters. The SMILES string of the molecule is c1ccc(-c2c3ccccc3c(-c3ccccc3)c3cc(-c4ccc(N(c5ccccc5)c5ccccc5)c5ccccc45)ccc23)cc1. The molecule has 9 aromatic carbocycles. The molecule has 0 spiro atoms. The van der Waals surface area contributed by atoms with Gasteiger partial charge in [-0.3, -0.25) is 0 Å². The summed E-state index contributed by atoms with van der Waals surface area (Å²) in [7, 11) is 0. The normalized spacial score (nSPS) is 11.3. The summed E-state index contributed by atoms with van der Waals surface area (Å²) in [6, 6.07) is 72.3. The smallest absolute Gasteiger partial charge is 0.0540 e. The lowest BCUT2D eigenvalue weighted by Crippen LogP contribution is -2.10. The standard InChI is InChI=1S/C48H33N/c1-5-17-34(18-6-1)47-42-27-15-16-28-43(42)48(35-19-7-2-8-20-35)45-33-36(29-30-44(45)47)39-31-32-46(41-26-14-13-25-40(39)41)49(37-21-9-3-10-22-37)38-23-11-4-12-24-38/h1-33H. The number of benzene rings is 9. The number of rotatable bonds is 6. The average molecular weight is 624 g/mol. The zero-order valence-corrected chi connectivity index (χ0v) is 27.0. The van der Waals surface area contributed by atoms with Gasteiger partial charge in [0.25, 0.3) is 0 Å². The van der Waals surface area contributed by atoms with E-state index in [2.05, 4.69) is 205 Å². The van der Waals surface area contributed by atoms with Crippen LogP contribution in [0.5, 0.6) is 0 Å². The molecule has 0 saturated heterocycles. The molecule has 0 radical (unpaired) electrons. The minimum atomic E-state index is 1.13. The second-order valence-corrected chi connectivity index (χ2v) is 12.5. The van der Waals surface area contributed by atoms with Crippen molar-refractivity contribution in [1.29, 1.82) is 0 Å². The van der Waals surface area contributed by atoms with E-state index < -0.39 is 0 Å². The second kappa shape index (κ2) is 12.3. The second-order valence-electron chi connectivity index (χ2n) is 12.5. The molecule has 1 heteroatoms. The number of para-hydroxylation sites is 2. The molecule has 0 heterocycles. The molecule has 0 amide bonds. The maximum atomic E-state index is 2.42. The van der Waals surface area contributed by atoms with E-state index in [4.69, 9.17) is 0 Å². The first-order valence-electron chi connectivity index (χ1n) is 16.9. The Morgan fingerprint density at radius 2 is 0.694 bits per heavy atom. The van der Waals surface area contributed by atoms with Crippen molar-refractivity contribution in [3.8, 4) is 33.4 Å². The number of anilines is 3. The van der Waals surface area contributed by atoms with Crippen LogP contribution in [0.3, 0.4) is 0 Å². The lowest BCUT2D eigenvalue weighted by Gasteiger charge is -2.27. The predicted octanol–water partition coefficient (Wildman–Crippen LogP) is 13.6. The summed E-state index contributed by atoms with van der Waals surface area (Å²) in [5.74, 6) is 0. The van der Waals surface area contributed by atoms with E-state index in [1.807, 2.05) is 0 Å². The maximum Gasteiger partial charge on any atom is 0.0540 e. The molecule has 9 rings (SSSR count). The zero-order chi connectivity index (χ0) is 32.6. The molecule has 0 aromatic heterocycles. The van der Waals surface area contributed by atoms with Crippen molar-refractivity contribution in [2.45, 2.75) is 0 Å². The molecular weight excluding hydrogens is 591 g/mol. The molecule has 0 aliphatic rings. The van der Waals surface area contributed by atoms with Gasteiger partial charge in [0.2, 0.25) is 0 Å². The molecule has 0 N–H and O–H groups in total. The quantitative estimate of drug-likeness (QED) is 0.167. The van der Waals surface area contributed by atoms with Gasteiger partial charge in [-0.2, -0.15) is 0 Å². The molecule has 1 nitrogen and oxygen atoms in total. The van der Waals surface area contributed by atoms with Gasteiger partial charge in [-0.1, -0.05) is 164 Å². The monoisotopic (exact) mass is 623 g/mol. The molecule has 0 bridgehead atoms. The fourth-order valence-corrected chi connectivity index (χ4v) is 7.49. The summed E-state index contributed by atoms with van der Waals surface area (Å²) in [5.41, 5.74) is 10.8. The van der Waals surface area contributed by atoms with Gasteiger partial charge in [0.15, 0.2) is 0 Å². The Balaban J connectivity index is 1.32. The van der Waals surface area contributed by atoms with Crippen LogP contribution >= 0.6 is 0 Å². The summed E-state index contributed by atoms with van der Waals surface area (Å²) in [6.45, 7) is 0. The van der Waals surface area contributed by atoms with E-state index >= 15 is 0 Å². The van der Waals surface area contributed by atoms with Gasteiger partial charge in [0.1, 0.15) is 0 Å². The zero-order valence-electron chi connectivity index (χ0n) is 27.0. The minimum Gasteiger partial charge on any atom is -0.310 e. The largest absolute Gasteiger partial charge is 0.310 e. The molecule has 0 aliphatic heterocycles. The van der Waals surface area contributed by atoms with Crippen molar-refractivity contribution in [3.05, 3.63) is 200 Å². The summed E-state index contributed by atoms with van der Waals surface area (Å²) < 4.78 is 0. The summed E-state index contributed by atoms with van der Waals surface area (Å²) in [5, 5.41) is 7.47. The molecule has 0 aliphatic carbocycles. The van der Waals surface area contributed by atoms with Gasteiger partial charge in [0.05, 0.1) is 5.69 Å². The molecule has 0 saturated carbocycles. The van der Waals surface area contributed by atoms with Crippen LogP contribution in [-0.2, 0) is 0 Å². The van der Waals surface area contributed by atoms with Gasteiger partial charge in [0, 0.05) is 16.8 Å². The third-order valence-electron chi connectivity index (χ3n) is 9.63. The number of fused-ring (bicyclic) bond motifs is 3. The lowest BCUT2D eigenvalue weighted by atomic mass is 9.84. The summed E-state index contributed by atoms with van der Waals surface area (Å²) in [6.07, 6.45) is 0. The van der Waals surface area contributed by atoms with Gasteiger partial charge < -0.3 is 4.90 Å². The van der Waals surface area contributed by atoms with Gasteiger partial charge in [-0.25, -0.2) is 0 Å². The van der Waals surface area contributed by atoms with Crippen molar-refractivity contribution >= 4 is 49.4 Å². The average Bonchev–Trinajstić information content (AvgIpc) is 3.18. The third kappa shape index (κ3) is 5.04. The van der Waals surface area contributed by atoms with E-state index in [1.54, 1.807) is 0 Å². The van der Waals surface area contributed by atoms with Crippen LogP contribution in [0.15, 0.2) is 200 Å². The highest BCUT2D eigenvalue weighted by Crippen LogP contribution is 2.46. The van der Waals surface area contributed by atoms with Crippen LogP contribution in [0.2, 0.25) is 0 Å². The first kappa shape index (κ1) is 28.8. The topological polar surface area (TPSA) is 3.24 Å². The first-order chi connectivity index (χ1) is 24.3. The van der Waals surface area contributed by atoms with Crippen molar-refractivity contribution in [2.24, 2.45) is 0 Å². The maximum absolute atomic E-state index is 2.42. The molecule has 49 heavy (non-hydrogen) atoms. The molecular formula is C48H33N.